The van der Waals surface area contributed by atoms with Crippen molar-refractivity contribution in [2.45, 2.75) is 13.5 Å². The number of ether oxygens (including phenoxy) is 1. The predicted molar refractivity (Wildman–Crippen MR) is 78.2 cm³/mol. The monoisotopic (exact) mass is 277 g/mol. The van der Waals surface area contributed by atoms with Gasteiger partial charge in [-0.3, -0.25) is 0 Å². The first-order valence-electron chi connectivity index (χ1n) is 5.96. The number of anilines is 1. The Morgan fingerprint density at radius 2 is 2.00 bits per heavy atom. The third kappa shape index (κ3) is 3.32. The Hall–Kier alpha value is -1.87. The normalized spacial score (nSPS) is 10.3. The summed E-state index contributed by atoms with van der Waals surface area (Å²) in [6, 6.07) is 11.2. The van der Waals surface area contributed by atoms with E-state index in [4.69, 9.17) is 16.3 Å². The first-order valence-corrected chi connectivity index (χ1v) is 6.34. The van der Waals surface area contributed by atoms with Crippen molar-refractivity contribution < 1.29 is 9.84 Å². The molecule has 2 N–H and O–H groups in total. The zero-order valence-electron chi connectivity index (χ0n) is 10.9. The topological polar surface area (TPSA) is 41.5 Å². The van der Waals surface area contributed by atoms with Crippen molar-refractivity contribution in [1.29, 1.82) is 0 Å². The highest BCUT2D eigenvalue weighted by Crippen LogP contribution is 2.27. The number of methoxy groups -OCH3 is 1. The lowest BCUT2D eigenvalue weighted by atomic mass is 10.2. The van der Waals surface area contributed by atoms with Gasteiger partial charge in [-0.1, -0.05) is 23.7 Å². The quantitative estimate of drug-likeness (QED) is 0.888. The molecule has 3 nitrogen and oxygen atoms in total. The molecule has 0 saturated heterocycles. The van der Waals surface area contributed by atoms with Crippen LogP contribution in [0, 0.1) is 6.92 Å². The Balaban J connectivity index is 2.08. The minimum absolute atomic E-state index is 0.136. The van der Waals surface area contributed by atoms with Gasteiger partial charge in [0.15, 0.2) is 11.5 Å². The molecule has 0 spiro atoms. The molecule has 0 aliphatic carbocycles. The third-order valence-corrected chi connectivity index (χ3v) is 3.16. The molecule has 19 heavy (non-hydrogen) atoms. The summed E-state index contributed by atoms with van der Waals surface area (Å²) in [5, 5.41) is 13.6. The highest BCUT2D eigenvalue weighted by molar-refractivity contribution is 6.33. The van der Waals surface area contributed by atoms with Crippen molar-refractivity contribution in [3.8, 4) is 11.5 Å². The lowest BCUT2D eigenvalue weighted by molar-refractivity contribution is 0.373. The van der Waals surface area contributed by atoms with Gasteiger partial charge in [-0.2, -0.15) is 0 Å². The summed E-state index contributed by atoms with van der Waals surface area (Å²) in [6.07, 6.45) is 0. The highest BCUT2D eigenvalue weighted by Gasteiger charge is 2.04. The molecule has 2 aromatic rings. The highest BCUT2D eigenvalue weighted by atomic mass is 35.5. The van der Waals surface area contributed by atoms with Gasteiger partial charge in [0.2, 0.25) is 0 Å². The zero-order valence-corrected chi connectivity index (χ0v) is 11.7. The number of benzene rings is 2. The van der Waals surface area contributed by atoms with E-state index in [0.717, 1.165) is 16.8 Å². The first kappa shape index (κ1) is 13.6. The summed E-state index contributed by atoms with van der Waals surface area (Å²) in [6.45, 7) is 2.58. The summed E-state index contributed by atoms with van der Waals surface area (Å²) in [7, 11) is 1.53. The summed E-state index contributed by atoms with van der Waals surface area (Å²) < 4.78 is 5.00. The molecule has 0 fully saturated rings. The Morgan fingerprint density at radius 1 is 1.21 bits per heavy atom. The molecule has 4 heteroatoms. The van der Waals surface area contributed by atoms with E-state index in [1.165, 1.54) is 7.11 Å². The van der Waals surface area contributed by atoms with Gasteiger partial charge in [-0.15, -0.1) is 0 Å². The summed E-state index contributed by atoms with van der Waals surface area (Å²) in [5.74, 6) is 0.605. The largest absolute Gasteiger partial charge is 0.504 e. The molecule has 0 radical (unpaired) electrons. The molecule has 0 aliphatic heterocycles. The van der Waals surface area contributed by atoms with Gasteiger partial charge >= 0.3 is 0 Å². The second-order valence-corrected chi connectivity index (χ2v) is 4.75. The number of aromatic hydroxyl groups is 1. The lowest BCUT2D eigenvalue weighted by Crippen LogP contribution is -2.00. The van der Waals surface area contributed by atoms with Crippen LogP contribution in [-0.2, 0) is 6.54 Å². The van der Waals surface area contributed by atoms with Crippen LogP contribution < -0.4 is 10.1 Å². The number of phenolic OH excluding ortho intramolecular Hbond substituents is 1. The van der Waals surface area contributed by atoms with Crippen molar-refractivity contribution >= 4 is 17.3 Å². The number of rotatable bonds is 4. The van der Waals surface area contributed by atoms with Gasteiger partial charge in [0, 0.05) is 6.54 Å². The third-order valence-electron chi connectivity index (χ3n) is 2.85. The molecule has 0 amide bonds. The fourth-order valence-corrected chi connectivity index (χ4v) is 2.11. The van der Waals surface area contributed by atoms with Crippen LogP contribution in [0.4, 0.5) is 5.69 Å². The Labute approximate surface area is 117 Å². The predicted octanol–water partition coefficient (Wildman–Crippen LogP) is 3.97. The molecule has 0 heterocycles. The van der Waals surface area contributed by atoms with Gasteiger partial charge in [0.1, 0.15) is 0 Å². The fourth-order valence-electron chi connectivity index (χ4n) is 1.81. The molecule has 100 valence electrons. The van der Waals surface area contributed by atoms with Gasteiger partial charge in [0.25, 0.3) is 0 Å². The maximum Gasteiger partial charge on any atom is 0.160 e. The van der Waals surface area contributed by atoms with E-state index in [1.807, 2.05) is 31.2 Å². The van der Waals surface area contributed by atoms with Gasteiger partial charge in [-0.25, -0.2) is 0 Å². The number of nitrogens with one attached hydrogen (secondary N) is 1. The molecule has 0 aliphatic rings. The number of halogens is 1. The minimum atomic E-state index is 0.136. The smallest absolute Gasteiger partial charge is 0.160 e. The van der Waals surface area contributed by atoms with Crippen LogP contribution >= 0.6 is 11.6 Å². The van der Waals surface area contributed by atoms with Crippen molar-refractivity contribution in [1.82, 2.24) is 0 Å². The SMILES string of the molecule is COc1ccc(CNc2ccc(C)cc2Cl)cc1O. The number of aryl methyl sites for hydroxylation is 1. The van der Waals surface area contributed by atoms with Crippen LogP contribution in [0.25, 0.3) is 0 Å². The number of phenols is 1. The fraction of sp³-hybridized carbons (Fsp3) is 0.200. The van der Waals surface area contributed by atoms with E-state index in [-0.39, 0.29) is 5.75 Å². The van der Waals surface area contributed by atoms with Crippen LogP contribution in [0.2, 0.25) is 5.02 Å². The van der Waals surface area contributed by atoms with Crippen LogP contribution in [0.1, 0.15) is 11.1 Å². The number of hydrogen-bond donors (Lipinski definition) is 2. The van der Waals surface area contributed by atoms with E-state index < -0.39 is 0 Å². The average Bonchev–Trinajstić information content (AvgIpc) is 2.38. The molecule has 2 aromatic carbocycles. The molecule has 0 saturated carbocycles. The Bertz CT molecular complexity index is 584. The Morgan fingerprint density at radius 3 is 2.63 bits per heavy atom. The average molecular weight is 278 g/mol. The van der Waals surface area contributed by atoms with Crippen molar-refractivity contribution in [2.24, 2.45) is 0 Å². The van der Waals surface area contributed by atoms with Crippen LogP contribution in [0.3, 0.4) is 0 Å². The van der Waals surface area contributed by atoms with Gasteiger partial charge in [0.05, 0.1) is 17.8 Å². The minimum Gasteiger partial charge on any atom is -0.504 e. The molecule has 0 unspecified atom stereocenters. The second-order valence-electron chi connectivity index (χ2n) is 4.34. The van der Waals surface area contributed by atoms with Crippen LogP contribution in [-0.4, -0.2) is 12.2 Å². The van der Waals surface area contributed by atoms with Gasteiger partial charge in [-0.05, 0) is 42.3 Å². The van der Waals surface area contributed by atoms with Crippen LogP contribution in [0.15, 0.2) is 36.4 Å². The molecular formula is C15H16ClNO2. The van der Waals surface area contributed by atoms with E-state index in [9.17, 15) is 5.11 Å². The lowest BCUT2D eigenvalue weighted by Gasteiger charge is -2.10. The molecule has 0 bridgehead atoms. The Kier molecular flexibility index (Phi) is 4.17. The standard InChI is InChI=1S/C15H16ClNO2/c1-10-3-5-13(12(16)7-10)17-9-11-4-6-15(19-2)14(18)8-11/h3-8,17-18H,9H2,1-2H3. The summed E-state index contributed by atoms with van der Waals surface area (Å²) >= 11 is 6.14. The summed E-state index contributed by atoms with van der Waals surface area (Å²) in [5.41, 5.74) is 2.95. The van der Waals surface area contributed by atoms with Crippen LogP contribution in [0.5, 0.6) is 11.5 Å². The first-order chi connectivity index (χ1) is 9.10. The van der Waals surface area contributed by atoms with E-state index in [2.05, 4.69) is 5.32 Å². The molecular weight excluding hydrogens is 262 g/mol. The molecule has 0 aromatic heterocycles. The number of hydrogen-bond acceptors (Lipinski definition) is 3. The van der Waals surface area contributed by atoms with E-state index >= 15 is 0 Å². The van der Waals surface area contributed by atoms with E-state index in [0.29, 0.717) is 17.3 Å². The maximum absolute atomic E-state index is 9.70. The second kappa shape index (κ2) is 5.85. The van der Waals surface area contributed by atoms with Gasteiger partial charge < -0.3 is 15.2 Å². The molecule has 0 atom stereocenters. The van der Waals surface area contributed by atoms with Crippen molar-refractivity contribution in [2.75, 3.05) is 12.4 Å². The zero-order chi connectivity index (χ0) is 13.8. The van der Waals surface area contributed by atoms with Crippen molar-refractivity contribution in [3.05, 3.63) is 52.5 Å². The maximum atomic E-state index is 9.70. The van der Waals surface area contributed by atoms with Crippen molar-refractivity contribution in [3.63, 3.8) is 0 Å². The van der Waals surface area contributed by atoms with E-state index in [1.54, 1.807) is 12.1 Å². The summed E-state index contributed by atoms with van der Waals surface area (Å²) in [4.78, 5) is 0. The molecule has 2 rings (SSSR count).